The second-order valence-corrected chi connectivity index (χ2v) is 4.29. The van der Waals surface area contributed by atoms with E-state index in [-0.39, 0.29) is 11.8 Å². The van der Waals surface area contributed by atoms with Gasteiger partial charge in [-0.3, -0.25) is 4.79 Å². The molecule has 1 amide bonds. The molecular weight excluding hydrogens is 206 g/mol. The molecule has 1 aliphatic heterocycles. The normalized spacial score (nSPS) is 20.5. The van der Waals surface area contributed by atoms with Crippen LogP contribution in [0.3, 0.4) is 0 Å². The van der Waals surface area contributed by atoms with Gasteiger partial charge < -0.3 is 14.5 Å². The number of nitrogens with zero attached hydrogens (tertiary/aromatic N) is 3. The molecule has 1 rings (SSSR count). The van der Waals surface area contributed by atoms with Crippen molar-refractivity contribution in [2.75, 3.05) is 46.9 Å². The minimum atomic E-state index is -0.130. The minimum Gasteiger partial charge on any atom is -0.378 e. The Hall–Kier alpha value is -1.12. The van der Waals surface area contributed by atoms with E-state index in [0.29, 0.717) is 32.7 Å². The summed E-state index contributed by atoms with van der Waals surface area (Å²) in [4.78, 5) is 15.2. The molecule has 5 heteroatoms. The molecule has 0 N–H and O–H groups in total. The number of nitriles is 1. The average Bonchev–Trinajstić information content (AvgIpc) is 2.59. The monoisotopic (exact) mass is 225 g/mol. The summed E-state index contributed by atoms with van der Waals surface area (Å²) in [5.74, 6) is -0.0583. The van der Waals surface area contributed by atoms with E-state index in [0.717, 1.165) is 6.54 Å². The van der Waals surface area contributed by atoms with E-state index in [4.69, 9.17) is 10.00 Å². The fourth-order valence-corrected chi connectivity index (χ4v) is 1.60. The molecule has 1 aliphatic rings. The summed E-state index contributed by atoms with van der Waals surface area (Å²) < 4.78 is 5.41. The zero-order valence-electron chi connectivity index (χ0n) is 9.98. The predicted octanol–water partition coefficient (Wildman–Crippen LogP) is -0.0633. The Morgan fingerprint density at radius 1 is 1.56 bits per heavy atom. The van der Waals surface area contributed by atoms with E-state index in [2.05, 4.69) is 6.07 Å². The summed E-state index contributed by atoms with van der Waals surface area (Å²) in [6.45, 7) is 3.28. The first-order chi connectivity index (χ1) is 7.63. The second-order valence-electron chi connectivity index (χ2n) is 4.29. The molecule has 0 radical (unpaired) electrons. The third-order valence-electron chi connectivity index (χ3n) is 2.59. The van der Waals surface area contributed by atoms with Crippen LogP contribution in [-0.2, 0) is 9.53 Å². The summed E-state index contributed by atoms with van der Waals surface area (Å²) >= 11 is 0. The third-order valence-corrected chi connectivity index (χ3v) is 2.59. The number of hydrogen-bond acceptors (Lipinski definition) is 4. The fourth-order valence-electron chi connectivity index (χ4n) is 1.60. The van der Waals surface area contributed by atoms with E-state index in [9.17, 15) is 4.79 Å². The predicted molar refractivity (Wildman–Crippen MR) is 59.7 cm³/mol. The average molecular weight is 225 g/mol. The van der Waals surface area contributed by atoms with Crippen LogP contribution in [0, 0.1) is 17.2 Å². The van der Waals surface area contributed by atoms with Crippen LogP contribution in [0.25, 0.3) is 0 Å². The van der Waals surface area contributed by atoms with Gasteiger partial charge in [-0.2, -0.15) is 5.26 Å². The van der Waals surface area contributed by atoms with Gasteiger partial charge in [0.2, 0.25) is 5.91 Å². The zero-order chi connectivity index (χ0) is 12.0. The number of likely N-dealkylation sites (tertiary alicyclic amines) is 1. The number of likely N-dealkylation sites (N-methyl/N-ethyl adjacent to an activating group) is 1. The van der Waals surface area contributed by atoms with Crippen molar-refractivity contribution in [1.82, 2.24) is 9.80 Å². The van der Waals surface area contributed by atoms with E-state index in [1.165, 1.54) is 0 Å². The van der Waals surface area contributed by atoms with Gasteiger partial charge in [-0.25, -0.2) is 0 Å². The molecule has 16 heavy (non-hydrogen) atoms. The lowest BCUT2D eigenvalue weighted by molar-refractivity contribution is -0.128. The second kappa shape index (κ2) is 6.46. The quantitative estimate of drug-likeness (QED) is 0.594. The Balaban J connectivity index is 2.10. The van der Waals surface area contributed by atoms with Gasteiger partial charge in [-0.15, -0.1) is 0 Å². The van der Waals surface area contributed by atoms with Gasteiger partial charge in [0.05, 0.1) is 25.2 Å². The molecule has 0 aromatic rings. The van der Waals surface area contributed by atoms with Crippen LogP contribution in [-0.4, -0.2) is 62.7 Å². The van der Waals surface area contributed by atoms with Gasteiger partial charge in [0.1, 0.15) is 0 Å². The highest BCUT2D eigenvalue weighted by Gasteiger charge is 2.28. The van der Waals surface area contributed by atoms with Crippen molar-refractivity contribution < 1.29 is 9.53 Å². The highest BCUT2D eigenvalue weighted by Crippen LogP contribution is 2.15. The Morgan fingerprint density at radius 2 is 2.31 bits per heavy atom. The first-order valence-corrected chi connectivity index (χ1v) is 5.53. The molecular formula is C11H19N3O2. The van der Waals surface area contributed by atoms with E-state index < -0.39 is 0 Å². The highest BCUT2D eigenvalue weighted by molar-refractivity contribution is 5.79. The van der Waals surface area contributed by atoms with Crippen molar-refractivity contribution in [3.63, 3.8) is 0 Å². The van der Waals surface area contributed by atoms with Crippen LogP contribution >= 0.6 is 0 Å². The molecule has 0 bridgehead atoms. The number of rotatable bonds is 6. The Bertz CT molecular complexity index is 273. The highest BCUT2D eigenvalue weighted by atomic mass is 16.5. The zero-order valence-corrected chi connectivity index (χ0v) is 9.98. The maximum atomic E-state index is 11.4. The molecule has 1 atom stereocenters. The molecule has 1 saturated heterocycles. The van der Waals surface area contributed by atoms with E-state index >= 15 is 0 Å². The number of hydrogen-bond donors (Lipinski definition) is 0. The van der Waals surface area contributed by atoms with E-state index in [1.807, 2.05) is 19.0 Å². The van der Waals surface area contributed by atoms with Crippen molar-refractivity contribution in [3.05, 3.63) is 0 Å². The third kappa shape index (κ3) is 4.17. The van der Waals surface area contributed by atoms with Gasteiger partial charge in [-0.05, 0) is 14.1 Å². The van der Waals surface area contributed by atoms with Gasteiger partial charge in [0.15, 0.2) is 0 Å². The molecule has 90 valence electrons. The van der Waals surface area contributed by atoms with Crippen LogP contribution < -0.4 is 0 Å². The summed E-state index contributed by atoms with van der Waals surface area (Å²) in [6.07, 6.45) is 0.369. The largest absolute Gasteiger partial charge is 0.378 e. The number of amides is 1. The molecule has 0 aliphatic carbocycles. The standard InChI is InChI=1S/C11H19N3O2/c1-13(2)3-5-16-6-4-14-9-10(8-12)7-11(14)15/h10H,3-7,9H2,1-2H3. The van der Waals surface area contributed by atoms with Crippen molar-refractivity contribution in [3.8, 4) is 6.07 Å². The van der Waals surface area contributed by atoms with Crippen LogP contribution in [0.5, 0.6) is 0 Å². The molecule has 0 aromatic carbocycles. The Labute approximate surface area is 96.6 Å². The summed E-state index contributed by atoms with van der Waals surface area (Å²) in [7, 11) is 3.98. The lowest BCUT2D eigenvalue weighted by atomic mass is 10.1. The summed E-state index contributed by atoms with van der Waals surface area (Å²) in [5.41, 5.74) is 0. The van der Waals surface area contributed by atoms with Crippen LogP contribution in [0.1, 0.15) is 6.42 Å². The topological polar surface area (TPSA) is 56.6 Å². The van der Waals surface area contributed by atoms with Crippen molar-refractivity contribution in [1.29, 1.82) is 5.26 Å². The SMILES string of the molecule is CN(C)CCOCCN1CC(C#N)CC1=O. The fraction of sp³-hybridized carbons (Fsp3) is 0.818. The molecule has 0 aromatic heterocycles. The number of carbonyl (C=O) groups is 1. The van der Waals surface area contributed by atoms with Gasteiger partial charge in [-0.1, -0.05) is 0 Å². The minimum absolute atomic E-state index is 0.0720. The Kier molecular flexibility index (Phi) is 5.23. The summed E-state index contributed by atoms with van der Waals surface area (Å²) in [6, 6.07) is 2.13. The first-order valence-electron chi connectivity index (χ1n) is 5.53. The van der Waals surface area contributed by atoms with Crippen LogP contribution in [0.4, 0.5) is 0 Å². The molecule has 0 spiro atoms. The molecule has 1 unspecified atom stereocenters. The smallest absolute Gasteiger partial charge is 0.224 e. The van der Waals surface area contributed by atoms with Crippen molar-refractivity contribution in [2.24, 2.45) is 5.92 Å². The van der Waals surface area contributed by atoms with Gasteiger partial charge in [0.25, 0.3) is 0 Å². The molecule has 5 nitrogen and oxygen atoms in total. The number of carbonyl (C=O) groups excluding carboxylic acids is 1. The molecule has 0 saturated carbocycles. The maximum Gasteiger partial charge on any atom is 0.224 e. The van der Waals surface area contributed by atoms with Crippen molar-refractivity contribution >= 4 is 5.91 Å². The Morgan fingerprint density at radius 3 is 2.88 bits per heavy atom. The first kappa shape index (κ1) is 12.9. The lowest BCUT2D eigenvalue weighted by Gasteiger charge is -2.16. The van der Waals surface area contributed by atoms with Crippen LogP contribution in [0.15, 0.2) is 0 Å². The van der Waals surface area contributed by atoms with Crippen molar-refractivity contribution in [2.45, 2.75) is 6.42 Å². The maximum absolute atomic E-state index is 11.4. The number of ether oxygens (including phenoxy) is 1. The molecule has 1 heterocycles. The summed E-state index contributed by atoms with van der Waals surface area (Å²) in [5, 5.41) is 8.71. The van der Waals surface area contributed by atoms with Crippen LogP contribution in [0.2, 0.25) is 0 Å². The van der Waals surface area contributed by atoms with Gasteiger partial charge >= 0.3 is 0 Å². The lowest BCUT2D eigenvalue weighted by Crippen LogP contribution is -2.30. The van der Waals surface area contributed by atoms with Gasteiger partial charge in [0, 0.05) is 26.1 Å². The van der Waals surface area contributed by atoms with E-state index in [1.54, 1.807) is 4.90 Å². The molecule has 1 fully saturated rings.